The van der Waals surface area contributed by atoms with Gasteiger partial charge in [-0.25, -0.2) is 8.42 Å². The molecule has 1 amide bonds. The number of amides is 1. The number of sulfonamides is 1. The number of carbonyl (C=O) groups excluding carboxylic acids is 1. The van der Waals surface area contributed by atoms with Crippen LogP contribution in [-0.2, 0) is 20.2 Å². The van der Waals surface area contributed by atoms with Crippen molar-refractivity contribution in [1.82, 2.24) is 9.62 Å². The predicted octanol–water partition coefficient (Wildman–Crippen LogP) is 2.52. The maximum atomic E-state index is 12.8. The van der Waals surface area contributed by atoms with Crippen LogP contribution in [0.4, 0.5) is 0 Å². The second-order valence-electron chi connectivity index (χ2n) is 7.35. The van der Waals surface area contributed by atoms with Crippen molar-refractivity contribution >= 4 is 15.9 Å². The molecule has 1 heterocycles. The summed E-state index contributed by atoms with van der Waals surface area (Å²) in [6.45, 7) is 9.58. The first-order chi connectivity index (χ1) is 11.2. The Morgan fingerprint density at radius 2 is 1.71 bits per heavy atom. The zero-order chi connectivity index (χ0) is 18.0. The standard InChI is InChI=1S/C18H28N2O3S/c1-5-19-17(21)14-10-12-20(13-11-14)24(22,23)16-8-6-15(7-9-16)18(2,3)4/h6-9,14H,5,10-13H2,1-4H3,(H,19,21). The smallest absolute Gasteiger partial charge is 0.243 e. The third kappa shape index (κ3) is 4.16. The van der Waals surface area contributed by atoms with Crippen LogP contribution in [0, 0.1) is 5.92 Å². The van der Waals surface area contributed by atoms with Gasteiger partial charge >= 0.3 is 0 Å². The SMILES string of the molecule is CCNC(=O)C1CCN(S(=O)(=O)c2ccc(C(C)(C)C)cc2)CC1. The number of rotatable bonds is 4. The molecule has 1 N–H and O–H groups in total. The molecule has 0 aromatic heterocycles. The maximum absolute atomic E-state index is 12.8. The van der Waals surface area contributed by atoms with Gasteiger partial charge in [-0.05, 0) is 42.9 Å². The molecule has 0 aliphatic carbocycles. The second kappa shape index (κ2) is 7.23. The van der Waals surface area contributed by atoms with Crippen LogP contribution in [0.5, 0.6) is 0 Å². The van der Waals surface area contributed by atoms with Crippen molar-refractivity contribution in [3.8, 4) is 0 Å². The predicted molar refractivity (Wildman–Crippen MR) is 95.3 cm³/mol. The third-order valence-electron chi connectivity index (χ3n) is 4.53. The minimum Gasteiger partial charge on any atom is -0.356 e. The first-order valence-electron chi connectivity index (χ1n) is 8.54. The van der Waals surface area contributed by atoms with Crippen molar-refractivity contribution in [3.63, 3.8) is 0 Å². The summed E-state index contributed by atoms with van der Waals surface area (Å²) in [6.07, 6.45) is 1.15. The summed E-state index contributed by atoms with van der Waals surface area (Å²) < 4.78 is 27.0. The maximum Gasteiger partial charge on any atom is 0.243 e. The average Bonchev–Trinajstić information content (AvgIpc) is 2.54. The largest absolute Gasteiger partial charge is 0.356 e. The zero-order valence-electron chi connectivity index (χ0n) is 15.0. The van der Waals surface area contributed by atoms with Crippen LogP contribution in [0.2, 0.25) is 0 Å². The summed E-state index contributed by atoms with van der Waals surface area (Å²) in [5.41, 5.74) is 1.10. The van der Waals surface area contributed by atoms with Gasteiger partial charge in [0.05, 0.1) is 4.90 Å². The highest BCUT2D eigenvalue weighted by atomic mass is 32.2. The molecular weight excluding hydrogens is 324 g/mol. The average molecular weight is 353 g/mol. The monoisotopic (exact) mass is 352 g/mol. The summed E-state index contributed by atoms with van der Waals surface area (Å²) in [4.78, 5) is 12.2. The van der Waals surface area contributed by atoms with E-state index in [0.29, 0.717) is 37.4 Å². The Bertz CT molecular complexity index is 667. The van der Waals surface area contributed by atoms with Gasteiger partial charge in [-0.1, -0.05) is 32.9 Å². The molecule has 24 heavy (non-hydrogen) atoms. The molecule has 134 valence electrons. The van der Waals surface area contributed by atoms with Crippen molar-refractivity contribution < 1.29 is 13.2 Å². The Morgan fingerprint density at radius 3 is 2.17 bits per heavy atom. The summed E-state index contributed by atoms with van der Waals surface area (Å²) in [7, 11) is -3.48. The van der Waals surface area contributed by atoms with Crippen LogP contribution < -0.4 is 5.32 Å². The van der Waals surface area contributed by atoms with Gasteiger partial charge in [0.25, 0.3) is 0 Å². The number of nitrogens with one attached hydrogen (secondary N) is 1. The first-order valence-corrected chi connectivity index (χ1v) is 9.98. The number of hydrogen-bond donors (Lipinski definition) is 1. The molecule has 0 saturated carbocycles. The molecule has 0 spiro atoms. The van der Waals surface area contributed by atoms with E-state index in [1.165, 1.54) is 4.31 Å². The van der Waals surface area contributed by atoms with Crippen LogP contribution in [0.1, 0.15) is 46.1 Å². The summed E-state index contributed by atoms with van der Waals surface area (Å²) in [5, 5.41) is 2.81. The van der Waals surface area contributed by atoms with Crippen molar-refractivity contribution in [2.45, 2.75) is 50.8 Å². The molecule has 0 bridgehead atoms. The van der Waals surface area contributed by atoms with Crippen molar-refractivity contribution in [1.29, 1.82) is 0 Å². The van der Waals surface area contributed by atoms with E-state index in [-0.39, 0.29) is 17.2 Å². The van der Waals surface area contributed by atoms with E-state index in [4.69, 9.17) is 0 Å². The fourth-order valence-electron chi connectivity index (χ4n) is 2.95. The minimum absolute atomic E-state index is 0.00667. The number of hydrogen-bond acceptors (Lipinski definition) is 3. The van der Waals surface area contributed by atoms with Gasteiger partial charge in [0.1, 0.15) is 0 Å². The molecule has 0 radical (unpaired) electrons. The summed E-state index contributed by atoms with van der Waals surface area (Å²) in [6, 6.07) is 7.14. The summed E-state index contributed by atoms with van der Waals surface area (Å²) in [5.74, 6) is -0.0521. The molecule has 1 aromatic rings. The van der Waals surface area contributed by atoms with Crippen LogP contribution in [-0.4, -0.2) is 38.3 Å². The molecule has 0 unspecified atom stereocenters. The Balaban J connectivity index is 2.08. The number of benzene rings is 1. The fraction of sp³-hybridized carbons (Fsp3) is 0.611. The molecule has 5 nitrogen and oxygen atoms in total. The van der Waals surface area contributed by atoms with Crippen LogP contribution >= 0.6 is 0 Å². The number of nitrogens with zero attached hydrogens (tertiary/aromatic N) is 1. The first kappa shape index (κ1) is 18.9. The number of carbonyl (C=O) groups is 1. The normalized spacial score (nSPS) is 17.7. The quantitative estimate of drug-likeness (QED) is 0.905. The van der Waals surface area contributed by atoms with E-state index in [2.05, 4.69) is 26.1 Å². The highest BCUT2D eigenvalue weighted by Crippen LogP contribution is 2.27. The molecule has 1 aliphatic heterocycles. The molecule has 2 rings (SSSR count). The fourth-order valence-corrected chi connectivity index (χ4v) is 4.42. The molecular formula is C18H28N2O3S. The van der Waals surface area contributed by atoms with Crippen molar-refractivity contribution in [2.75, 3.05) is 19.6 Å². The second-order valence-corrected chi connectivity index (χ2v) is 9.29. The topological polar surface area (TPSA) is 66.5 Å². The lowest BCUT2D eigenvalue weighted by atomic mass is 9.87. The third-order valence-corrected chi connectivity index (χ3v) is 6.45. The van der Waals surface area contributed by atoms with Crippen LogP contribution in [0.25, 0.3) is 0 Å². The molecule has 1 fully saturated rings. The van der Waals surface area contributed by atoms with Gasteiger partial charge in [0.2, 0.25) is 15.9 Å². The Kier molecular flexibility index (Phi) is 5.71. The Morgan fingerprint density at radius 1 is 1.17 bits per heavy atom. The van der Waals surface area contributed by atoms with Crippen LogP contribution in [0.15, 0.2) is 29.2 Å². The Hall–Kier alpha value is -1.40. The van der Waals surface area contributed by atoms with Gasteiger partial charge < -0.3 is 5.32 Å². The minimum atomic E-state index is -3.48. The van der Waals surface area contributed by atoms with Gasteiger partial charge in [-0.15, -0.1) is 0 Å². The lowest BCUT2D eigenvalue weighted by molar-refractivity contribution is -0.126. The van der Waals surface area contributed by atoms with Gasteiger partial charge in [0, 0.05) is 25.6 Å². The van der Waals surface area contributed by atoms with E-state index >= 15 is 0 Å². The van der Waals surface area contributed by atoms with Gasteiger partial charge in [-0.3, -0.25) is 4.79 Å². The molecule has 6 heteroatoms. The zero-order valence-corrected chi connectivity index (χ0v) is 15.8. The highest BCUT2D eigenvalue weighted by Gasteiger charge is 2.32. The van der Waals surface area contributed by atoms with Gasteiger partial charge in [-0.2, -0.15) is 4.31 Å². The molecule has 1 saturated heterocycles. The summed E-state index contributed by atoms with van der Waals surface area (Å²) >= 11 is 0. The van der Waals surface area contributed by atoms with E-state index in [1.807, 2.05) is 19.1 Å². The lowest BCUT2D eigenvalue weighted by Crippen LogP contribution is -2.42. The Labute approximate surface area is 145 Å². The van der Waals surface area contributed by atoms with Crippen molar-refractivity contribution in [2.24, 2.45) is 5.92 Å². The van der Waals surface area contributed by atoms with Crippen LogP contribution in [0.3, 0.4) is 0 Å². The van der Waals surface area contributed by atoms with Crippen molar-refractivity contribution in [3.05, 3.63) is 29.8 Å². The number of piperidine rings is 1. The van der Waals surface area contributed by atoms with E-state index in [1.54, 1.807) is 12.1 Å². The molecule has 0 atom stereocenters. The molecule has 1 aliphatic rings. The van der Waals surface area contributed by atoms with E-state index < -0.39 is 10.0 Å². The van der Waals surface area contributed by atoms with Gasteiger partial charge in [0.15, 0.2) is 0 Å². The highest BCUT2D eigenvalue weighted by molar-refractivity contribution is 7.89. The van der Waals surface area contributed by atoms with E-state index in [0.717, 1.165) is 5.56 Å². The lowest BCUT2D eigenvalue weighted by Gasteiger charge is -2.30. The van der Waals surface area contributed by atoms with E-state index in [9.17, 15) is 13.2 Å². The molecule has 1 aromatic carbocycles.